The maximum absolute atomic E-state index is 11.6. The number of halogens is 2. The van der Waals surface area contributed by atoms with Crippen molar-refractivity contribution in [1.29, 1.82) is 0 Å². The van der Waals surface area contributed by atoms with E-state index >= 15 is 0 Å². The van der Waals surface area contributed by atoms with Crippen LogP contribution >= 0.6 is 43.6 Å². The van der Waals surface area contributed by atoms with E-state index in [0.29, 0.717) is 11.2 Å². The summed E-state index contributed by atoms with van der Waals surface area (Å²) >= 11 is 8.19. The van der Waals surface area contributed by atoms with Gasteiger partial charge in [0.1, 0.15) is 5.03 Å². The standard InChI is InChI=1S/C10H8Br2N4OS/c11-5-3-7(12)8(13-4-5)18-10-15-14-9(17)16(10)6-1-2-6/h3-4,6H,1-2H2,(H,14,17). The van der Waals surface area contributed by atoms with Crippen LogP contribution < -0.4 is 5.69 Å². The molecule has 2 aromatic heterocycles. The highest BCUT2D eigenvalue weighted by atomic mass is 79.9. The Bertz CT molecular complexity index is 650. The minimum atomic E-state index is -0.145. The third-order valence-corrected chi connectivity index (χ3v) is 4.84. The van der Waals surface area contributed by atoms with Gasteiger partial charge >= 0.3 is 5.69 Å². The zero-order chi connectivity index (χ0) is 12.7. The number of pyridine rings is 1. The molecule has 0 unspecified atom stereocenters. The van der Waals surface area contributed by atoms with E-state index in [4.69, 9.17) is 0 Å². The summed E-state index contributed by atoms with van der Waals surface area (Å²) in [6, 6.07) is 2.22. The van der Waals surface area contributed by atoms with E-state index in [9.17, 15) is 4.79 Å². The van der Waals surface area contributed by atoms with Gasteiger partial charge in [-0.3, -0.25) is 4.57 Å². The number of hydrogen-bond donors (Lipinski definition) is 1. The van der Waals surface area contributed by atoms with Crippen molar-refractivity contribution in [3.05, 3.63) is 31.7 Å². The fourth-order valence-electron chi connectivity index (χ4n) is 1.58. The Hall–Kier alpha value is -0.600. The zero-order valence-corrected chi connectivity index (χ0v) is 13.0. The van der Waals surface area contributed by atoms with Crippen LogP contribution in [0.15, 0.2) is 36.2 Å². The highest BCUT2D eigenvalue weighted by Gasteiger charge is 2.29. The molecule has 0 amide bonds. The van der Waals surface area contributed by atoms with Crippen LogP contribution in [0.1, 0.15) is 18.9 Å². The first-order valence-corrected chi connectivity index (χ1v) is 7.71. The Morgan fingerprint density at radius 1 is 1.44 bits per heavy atom. The van der Waals surface area contributed by atoms with Crippen LogP contribution in [0.4, 0.5) is 0 Å². The molecule has 8 heteroatoms. The number of hydrogen-bond acceptors (Lipinski definition) is 4. The van der Waals surface area contributed by atoms with Crippen molar-refractivity contribution < 1.29 is 0 Å². The quantitative estimate of drug-likeness (QED) is 0.873. The van der Waals surface area contributed by atoms with Crippen molar-refractivity contribution in [3.63, 3.8) is 0 Å². The van der Waals surface area contributed by atoms with Crippen molar-refractivity contribution in [2.24, 2.45) is 0 Å². The van der Waals surface area contributed by atoms with Gasteiger partial charge in [0.25, 0.3) is 0 Å². The molecule has 18 heavy (non-hydrogen) atoms. The summed E-state index contributed by atoms with van der Waals surface area (Å²) in [7, 11) is 0. The molecule has 0 aliphatic heterocycles. The predicted octanol–water partition coefficient (Wildman–Crippen LogP) is 2.98. The van der Waals surface area contributed by atoms with Gasteiger partial charge in [-0.2, -0.15) is 0 Å². The second-order valence-corrected chi connectivity index (χ2v) is 6.68. The van der Waals surface area contributed by atoms with Crippen LogP contribution in [-0.2, 0) is 0 Å². The fraction of sp³-hybridized carbons (Fsp3) is 0.300. The fourth-order valence-corrected chi connectivity index (χ4v) is 3.67. The lowest BCUT2D eigenvalue weighted by Gasteiger charge is -2.04. The SMILES string of the molecule is O=c1[nH]nc(Sc2ncc(Br)cc2Br)n1C1CC1. The lowest BCUT2D eigenvalue weighted by Crippen LogP contribution is -2.16. The number of rotatable bonds is 3. The van der Waals surface area contributed by atoms with E-state index in [0.717, 1.165) is 26.8 Å². The monoisotopic (exact) mass is 390 g/mol. The smallest absolute Gasteiger partial charge is 0.267 e. The maximum atomic E-state index is 11.6. The highest BCUT2D eigenvalue weighted by molar-refractivity contribution is 9.11. The van der Waals surface area contributed by atoms with Crippen molar-refractivity contribution in [2.45, 2.75) is 29.1 Å². The van der Waals surface area contributed by atoms with Gasteiger partial charge in [-0.1, -0.05) is 0 Å². The molecule has 0 saturated heterocycles. The van der Waals surface area contributed by atoms with Crippen LogP contribution in [0.25, 0.3) is 0 Å². The van der Waals surface area contributed by atoms with Gasteiger partial charge in [-0.05, 0) is 62.5 Å². The molecule has 1 aliphatic carbocycles. The lowest BCUT2D eigenvalue weighted by molar-refractivity contribution is 0.642. The molecule has 2 heterocycles. The number of aromatic nitrogens is 4. The molecular weight excluding hydrogens is 384 g/mol. The average Bonchev–Trinajstić information content (AvgIpc) is 3.08. The molecule has 5 nitrogen and oxygen atoms in total. The molecule has 0 aromatic carbocycles. The number of aromatic amines is 1. The highest BCUT2D eigenvalue weighted by Crippen LogP contribution is 2.38. The summed E-state index contributed by atoms with van der Waals surface area (Å²) in [6.45, 7) is 0. The summed E-state index contributed by atoms with van der Waals surface area (Å²) in [5, 5.41) is 8.00. The van der Waals surface area contributed by atoms with E-state index < -0.39 is 0 Å². The van der Waals surface area contributed by atoms with Crippen LogP contribution in [0.2, 0.25) is 0 Å². The Kier molecular flexibility index (Phi) is 3.33. The van der Waals surface area contributed by atoms with Crippen molar-refractivity contribution in [3.8, 4) is 0 Å². The van der Waals surface area contributed by atoms with Crippen LogP contribution in [-0.4, -0.2) is 19.7 Å². The molecule has 1 aliphatic rings. The maximum Gasteiger partial charge on any atom is 0.344 e. The molecule has 0 atom stereocenters. The van der Waals surface area contributed by atoms with Crippen LogP contribution in [0.5, 0.6) is 0 Å². The van der Waals surface area contributed by atoms with Crippen molar-refractivity contribution in [1.82, 2.24) is 19.7 Å². The second kappa shape index (κ2) is 4.82. The van der Waals surface area contributed by atoms with Crippen molar-refractivity contribution in [2.75, 3.05) is 0 Å². The molecule has 3 rings (SSSR count). The first kappa shape index (κ1) is 12.4. The first-order valence-electron chi connectivity index (χ1n) is 5.31. The summed E-state index contributed by atoms with van der Waals surface area (Å²) in [6.07, 6.45) is 3.81. The summed E-state index contributed by atoms with van der Waals surface area (Å²) in [5.74, 6) is 0. The minimum Gasteiger partial charge on any atom is -0.267 e. The molecule has 0 radical (unpaired) electrons. The average molecular weight is 392 g/mol. The molecule has 0 bridgehead atoms. The largest absolute Gasteiger partial charge is 0.344 e. The van der Waals surface area contributed by atoms with Gasteiger partial charge in [0.05, 0.1) is 4.47 Å². The molecule has 2 aromatic rings. The Balaban J connectivity index is 1.94. The van der Waals surface area contributed by atoms with E-state index in [2.05, 4.69) is 47.0 Å². The number of nitrogens with one attached hydrogen (secondary N) is 1. The van der Waals surface area contributed by atoms with E-state index in [-0.39, 0.29) is 5.69 Å². The molecule has 94 valence electrons. The minimum absolute atomic E-state index is 0.145. The molecule has 1 N–H and O–H groups in total. The van der Waals surface area contributed by atoms with Gasteiger partial charge in [-0.15, -0.1) is 5.10 Å². The Labute approximate surface area is 124 Å². The Morgan fingerprint density at radius 2 is 2.22 bits per heavy atom. The van der Waals surface area contributed by atoms with Crippen LogP contribution in [0.3, 0.4) is 0 Å². The van der Waals surface area contributed by atoms with Crippen molar-refractivity contribution >= 4 is 43.6 Å². The van der Waals surface area contributed by atoms with E-state index in [1.54, 1.807) is 10.8 Å². The van der Waals surface area contributed by atoms with E-state index in [1.807, 2.05) is 6.07 Å². The van der Waals surface area contributed by atoms with Gasteiger partial charge < -0.3 is 0 Å². The topological polar surface area (TPSA) is 63.6 Å². The molecule has 1 saturated carbocycles. The molecule has 1 fully saturated rings. The second-order valence-electron chi connectivity index (χ2n) is 3.96. The molecule has 0 spiro atoms. The first-order chi connectivity index (χ1) is 8.65. The van der Waals surface area contributed by atoms with Gasteiger partial charge in [-0.25, -0.2) is 14.9 Å². The third kappa shape index (κ3) is 2.41. The van der Waals surface area contributed by atoms with E-state index in [1.165, 1.54) is 11.8 Å². The number of nitrogens with zero attached hydrogens (tertiary/aromatic N) is 3. The summed E-state index contributed by atoms with van der Waals surface area (Å²) in [4.78, 5) is 15.9. The summed E-state index contributed by atoms with van der Waals surface area (Å²) in [5.41, 5.74) is -0.145. The third-order valence-electron chi connectivity index (χ3n) is 2.55. The number of H-pyrrole nitrogens is 1. The Morgan fingerprint density at radius 3 is 2.89 bits per heavy atom. The molecular formula is C10H8Br2N4OS. The zero-order valence-electron chi connectivity index (χ0n) is 9.06. The normalized spacial score (nSPS) is 15.0. The summed E-state index contributed by atoms with van der Waals surface area (Å²) < 4.78 is 3.49. The van der Waals surface area contributed by atoms with Crippen LogP contribution in [0, 0.1) is 0 Å². The van der Waals surface area contributed by atoms with Gasteiger partial charge in [0.2, 0.25) is 0 Å². The lowest BCUT2D eigenvalue weighted by atomic mass is 10.5. The van der Waals surface area contributed by atoms with Gasteiger partial charge in [0, 0.05) is 16.7 Å². The predicted molar refractivity (Wildman–Crippen MR) is 74.9 cm³/mol. The van der Waals surface area contributed by atoms with Gasteiger partial charge in [0.15, 0.2) is 5.16 Å².